The number of sulfonamides is 1. The van der Waals surface area contributed by atoms with Gasteiger partial charge in [-0.15, -0.1) is 0 Å². The lowest BCUT2D eigenvalue weighted by Crippen LogP contribution is -2.29. The zero-order valence-corrected chi connectivity index (χ0v) is 13.2. The van der Waals surface area contributed by atoms with Crippen LogP contribution < -0.4 is 4.72 Å². The first-order valence-corrected chi connectivity index (χ1v) is 8.66. The highest BCUT2D eigenvalue weighted by atomic mass is 32.2. The zero-order chi connectivity index (χ0) is 15.3. The van der Waals surface area contributed by atoms with Gasteiger partial charge in [-0.1, -0.05) is 50.6 Å². The summed E-state index contributed by atoms with van der Waals surface area (Å²) in [6, 6.07) is 9.40. The summed E-state index contributed by atoms with van der Waals surface area (Å²) >= 11 is 0. The van der Waals surface area contributed by atoms with Gasteiger partial charge in [0, 0.05) is 12.5 Å². The Balaban J connectivity index is 2.23. The topological polar surface area (TPSA) is 74.8 Å². The molecule has 0 radical (unpaired) electrons. The molecular weight excluding hydrogens is 286 g/mol. The number of rotatable bonds is 7. The van der Waals surface area contributed by atoms with Crippen molar-refractivity contribution < 1.29 is 8.42 Å². The number of benzene rings is 1. The smallest absolute Gasteiger partial charge is 0.258 e. The molecule has 0 aliphatic carbocycles. The van der Waals surface area contributed by atoms with Gasteiger partial charge in [0.25, 0.3) is 10.0 Å². The molecule has 0 bridgehead atoms. The van der Waals surface area contributed by atoms with Crippen LogP contribution in [-0.4, -0.2) is 18.4 Å². The van der Waals surface area contributed by atoms with Crippen molar-refractivity contribution in [1.29, 1.82) is 0 Å². The average Bonchev–Trinajstić information content (AvgIpc) is 2.97. The van der Waals surface area contributed by atoms with Crippen molar-refractivity contribution in [3.05, 3.63) is 47.9 Å². The predicted octanol–water partition coefficient (Wildman–Crippen LogP) is 2.79. The van der Waals surface area contributed by atoms with Gasteiger partial charge in [-0.05, 0) is 12.0 Å². The lowest BCUT2D eigenvalue weighted by molar-refractivity contribution is 0.533. The van der Waals surface area contributed by atoms with Crippen LogP contribution in [0.2, 0.25) is 0 Å². The van der Waals surface area contributed by atoms with Gasteiger partial charge in [-0.2, -0.15) is 0 Å². The number of aryl methyl sites for hydroxylation is 1. The van der Waals surface area contributed by atoms with Gasteiger partial charge in [0.05, 0.1) is 6.20 Å². The highest BCUT2D eigenvalue weighted by Crippen LogP contribution is 2.21. The van der Waals surface area contributed by atoms with Crippen molar-refractivity contribution in [3.63, 3.8) is 0 Å². The van der Waals surface area contributed by atoms with E-state index in [9.17, 15) is 8.42 Å². The van der Waals surface area contributed by atoms with E-state index >= 15 is 0 Å². The molecule has 21 heavy (non-hydrogen) atoms. The Labute approximate surface area is 125 Å². The van der Waals surface area contributed by atoms with Crippen LogP contribution >= 0.6 is 0 Å². The average molecular weight is 307 g/mol. The molecule has 2 N–H and O–H groups in total. The van der Waals surface area contributed by atoms with E-state index in [0.29, 0.717) is 12.2 Å². The minimum absolute atomic E-state index is 0.122. The summed E-state index contributed by atoms with van der Waals surface area (Å²) in [6.45, 7) is 3.96. The van der Waals surface area contributed by atoms with Gasteiger partial charge in [0.1, 0.15) is 5.82 Å². The summed E-state index contributed by atoms with van der Waals surface area (Å²) in [5.74, 6) is 0.669. The Morgan fingerprint density at radius 2 is 1.95 bits per heavy atom. The molecule has 0 amide bonds. The molecule has 1 unspecified atom stereocenters. The summed E-state index contributed by atoms with van der Waals surface area (Å²) in [4.78, 5) is 6.89. The minimum atomic E-state index is -3.59. The highest BCUT2D eigenvalue weighted by molar-refractivity contribution is 7.89. The number of imidazole rings is 1. The van der Waals surface area contributed by atoms with Gasteiger partial charge >= 0.3 is 0 Å². The van der Waals surface area contributed by atoms with Crippen LogP contribution in [0.3, 0.4) is 0 Å². The molecule has 0 saturated heterocycles. The molecule has 2 aromatic rings. The van der Waals surface area contributed by atoms with Crippen molar-refractivity contribution in [1.82, 2.24) is 14.7 Å². The van der Waals surface area contributed by atoms with E-state index in [2.05, 4.69) is 14.7 Å². The van der Waals surface area contributed by atoms with Crippen molar-refractivity contribution in [3.8, 4) is 0 Å². The highest BCUT2D eigenvalue weighted by Gasteiger charge is 2.22. The number of nitrogens with one attached hydrogen (secondary N) is 2. The van der Waals surface area contributed by atoms with E-state index in [1.165, 1.54) is 6.20 Å². The van der Waals surface area contributed by atoms with Crippen LogP contribution in [0.15, 0.2) is 41.6 Å². The Bertz CT molecular complexity index is 665. The third-order valence-corrected chi connectivity index (χ3v) is 4.69. The van der Waals surface area contributed by atoms with Crippen LogP contribution in [0, 0.1) is 0 Å². The summed E-state index contributed by atoms with van der Waals surface area (Å²) in [7, 11) is -3.59. The first kappa shape index (κ1) is 15.7. The Kier molecular flexibility index (Phi) is 5.14. The molecule has 6 heteroatoms. The molecule has 0 fully saturated rings. The predicted molar refractivity (Wildman–Crippen MR) is 82.4 cm³/mol. The van der Waals surface area contributed by atoms with Crippen LogP contribution in [-0.2, 0) is 16.4 Å². The number of aromatic nitrogens is 2. The second-order valence-corrected chi connectivity index (χ2v) is 6.60. The van der Waals surface area contributed by atoms with Crippen LogP contribution in [0.4, 0.5) is 0 Å². The number of hydrogen-bond acceptors (Lipinski definition) is 3. The Hall–Kier alpha value is -1.66. The third kappa shape index (κ3) is 3.92. The maximum Gasteiger partial charge on any atom is 0.258 e. The Morgan fingerprint density at radius 1 is 1.24 bits per heavy atom. The largest absolute Gasteiger partial charge is 0.332 e. The molecule has 5 nitrogen and oxygen atoms in total. The van der Waals surface area contributed by atoms with Gasteiger partial charge in [-0.25, -0.2) is 18.1 Å². The summed E-state index contributed by atoms with van der Waals surface area (Å²) in [5.41, 5.74) is 0.971. The fraction of sp³-hybridized carbons (Fsp3) is 0.400. The lowest BCUT2D eigenvalue weighted by Gasteiger charge is -2.18. The quantitative estimate of drug-likeness (QED) is 0.826. The molecule has 1 heterocycles. The monoisotopic (exact) mass is 307 g/mol. The van der Waals surface area contributed by atoms with Crippen LogP contribution in [0.5, 0.6) is 0 Å². The second kappa shape index (κ2) is 6.87. The summed E-state index contributed by atoms with van der Waals surface area (Å²) < 4.78 is 27.6. The summed E-state index contributed by atoms with van der Waals surface area (Å²) in [6.07, 6.45) is 3.69. The fourth-order valence-corrected chi connectivity index (χ4v) is 3.38. The second-order valence-electron chi connectivity index (χ2n) is 4.92. The number of hydrogen-bond donors (Lipinski definition) is 2. The number of aromatic amines is 1. The molecule has 0 spiro atoms. The lowest BCUT2D eigenvalue weighted by atomic mass is 10.0. The molecule has 1 aromatic heterocycles. The van der Waals surface area contributed by atoms with Crippen LogP contribution in [0.25, 0.3) is 0 Å². The van der Waals surface area contributed by atoms with Gasteiger partial charge in [-0.3, -0.25) is 0 Å². The van der Waals surface area contributed by atoms with Crippen molar-refractivity contribution in [2.75, 3.05) is 0 Å². The minimum Gasteiger partial charge on any atom is -0.332 e. The number of H-pyrrole nitrogens is 1. The molecular formula is C15H21N3O2S. The van der Waals surface area contributed by atoms with Crippen molar-refractivity contribution in [2.24, 2.45) is 0 Å². The van der Waals surface area contributed by atoms with Gasteiger partial charge in [0.15, 0.2) is 5.03 Å². The molecule has 114 valence electrons. The van der Waals surface area contributed by atoms with Crippen LogP contribution in [0.1, 0.15) is 44.1 Å². The molecule has 1 atom stereocenters. The third-order valence-electron chi connectivity index (χ3n) is 3.31. The molecule has 0 saturated carbocycles. The number of nitrogens with zero attached hydrogens (tertiary/aromatic N) is 1. The van der Waals surface area contributed by atoms with E-state index in [4.69, 9.17) is 0 Å². The zero-order valence-electron chi connectivity index (χ0n) is 12.3. The van der Waals surface area contributed by atoms with Crippen molar-refractivity contribution in [2.45, 2.75) is 44.2 Å². The first-order valence-electron chi connectivity index (χ1n) is 7.18. The first-order chi connectivity index (χ1) is 10.1. The van der Waals surface area contributed by atoms with Gasteiger partial charge < -0.3 is 4.98 Å². The fourth-order valence-electron chi connectivity index (χ4n) is 2.18. The Morgan fingerprint density at radius 3 is 2.52 bits per heavy atom. The van der Waals surface area contributed by atoms with E-state index in [-0.39, 0.29) is 11.1 Å². The molecule has 1 aromatic carbocycles. The normalized spacial score (nSPS) is 13.2. The van der Waals surface area contributed by atoms with E-state index in [1.54, 1.807) is 0 Å². The maximum atomic E-state index is 12.4. The van der Waals surface area contributed by atoms with Crippen molar-refractivity contribution >= 4 is 10.0 Å². The standard InChI is InChI=1S/C15H21N3O2S/c1-3-8-13(12-9-6-5-7-10-12)18-21(19,20)15-11-16-14(4-2)17-15/h5-7,9-11,13,18H,3-4,8H2,1-2H3,(H,16,17). The van der Waals surface area contributed by atoms with E-state index in [0.717, 1.165) is 18.4 Å². The van der Waals surface area contributed by atoms with Gasteiger partial charge in [0.2, 0.25) is 0 Å². The molecule has 0 aliphatic rings. The van der Waals surface area contributed by atoms with E-state index in [1.807, 2.05) is 44.2 Å². The maximum absolute atomic E-state index is 12.4. The molecule has 2 rings (SSSR count). The van der Waals surface area contributed by atoms with E-state index < -0.39 is 10.0 Å². The SMILES string of the molecule is CCCC(NS(=O)(=O)c1cnc(CC)[nH]1)c1ccccc1. The summed E-state index contributed by atoms with van der Waals surface area (Å²) in [5, 5.41) is 0.122. The molecule has 0 aliphatic heterocycles.